The predicted octanol–water partition coefficient (Wildman–Crippen LogP) is 3.03. The summed E-state index contributed by atoms with van der Waals surface area (Å²) >= 11 is 0. The smallest absolute Gasteiger partial charge is 0.261 e. The van der Waals surface area contributed by atoms with E-state index < -0.39 is 10.0 Å². The van der Waals surface area contributed by atoms with Crippen LogP contribution < -0.4 is 9.46 Å². The second kappa shape index (κ2) is 10.3. The SMILES string of the molecule is COc1ccc(NS(=O)(=O)c2cccc(C(=O)N(CCC#N)C3CCOCC3)c2)cc1. The Labute approximate surface area is 182 Å². The van der Waals surface area contributed by atoms with E-state index in [9.17, 15) is 13.2 Å². The Morgan fingerprint density at radius 2 is 1.94 bits per heavy atom. The number of ether oxygens (including phenoxy) is 2. The highest BCUT2D eigenvalue weighted by atomic mass is 32.2. The van der Waals surface area contributed by atoms with E-state index in [0.29, 0.717) is 44.0 Å². The Morgan fingerprint density at radius 3 is 2.58 bits per heavy atom. The summed E-state index contributed by atoms with van der Waals surface area (Å²) in [6.07, 6.45) is 1.59. The molecular weight excluding hydrogens is 418 g/mol. The van der Waals surface area contributed by atoms with Crippen molar-refractivity contribution in [1.29, 1.82) is 5.26 Å². The third-order valence-corrected chi connectivity index (χ3v) is 6.47. The number of rotatable bonds is 8. The first kappa shape index (κ1) is 22.6. The maximum Gasteiger partial charge on any atom is 0.261 e. The fourth-order valence-corrected chi connectivity index (χ4v) is 4.56. The van der Waals surface area contributed by atoms with Crippen molar-refractivity contribution >= 4 is 21.6 Å². The molecule has 1 heterocycles. The van der Waals surface area contributed by atoms with Crippen LogP contribution in [0, 0.1) is 11.3 Å². The molecule has 31 heavy (non-hydrogen) atoms. The van der Waals surface area contributed by atoms with Gasteiger partial charge in [0.2, 0.25) is 0 Å². The van der Waals surface area contributed by atoms with Crippen LogP contribution in [0.4, 0.5) is 5.69 Å². The molecule has 1 amide bonds. The van der Waals surface area contributed by atoms with Gasteiger partial charge in [0.05, 0.1) is 24.5 Å². The molecule has 1 aliphatic rings. The first-order chi connectivity index (χ1) is 14.9. The summed E-state index contributed by atoms with van der Waals surface area (Å²) in [5.41, 5.74) is 0.650. The first-order valence-electron chi connectivity index (χ1n) is 9.97. The number of carbonyl (C=O) groups is 1. The van der Waals surface area contributed by atoms with Crippen molar-refractivity contribution in [2.45, 2.75) is 30.2 Å². The number of nitriles is 1. The zero-order valence-corrected chi connectivity index (χ0v) is 18.1. The zero-order chi connectivity index (χ0) is 22.3. The van der Waals surface area contributed by atoms with Crippen molar-refractivity contribution in [2.24, 2.45) is 0 Å². The first-order valence-corrected chi connectivity index (χ1v) is 11.5. The zero-order valence-electron chi connectivity index (χ0n) is 17.3. The van der Waals surface area contributed by atoms with Gasteiger partial charge in [0.15, 0.2) is 0 Å². The number of sulfonamides is 1. The van der Waals surface area contributed by atoms with E-state index in [-0.39, 0.29) is 28.8 Å². The van der Waals surface area contributed by atoms with Crippen LogP contribution in [0.3, 0.4) is 0 Å². The van der Waals surface area contributed by atoms with E-state index in [1.807, 2.05) is 0 Å². The number of hydrogen-bond acceptors (Lipinski definition) is 6. The van der Waals surface area contributed by atoms with E-state index in [4.69, 9.17) is 14.7 Å². The van der Waals surface area contributed by atoms with E-state index in [0.717, 1.165) is 0 Å². The fraction of sp³-hybridized carbons (Fsp3) is 0.364. The number of amides is 1. The summed E-state index contributed by atoms with van der Waals surface area (Å²) in [5.74, 6) is 0.324. The highest BCUT2D eigenvalue weighted by molar-refractivity contribution is 7.92. The van der Waals surface area contributed by atoms with Crippen LogP contribution in [-0.2, 0) is 14.8 Å². The normalized spacial score (nSPS) is 14.5. The molecule has 1 saturated heterocycles. The molecule has 2 aromatic rings. The average Bonchev–Trinajstić information content (AvgIpc) is 2.80. The third-order valence-electron chi connectivity index (χ3n) is 5.09. The lowest BCUT2D eigenvalue weighted by Crippen LogP contribution is -2.44. The summed E-state index contributed by atoms with van der Waals surface area (Å²) < 4.78 is 38.7. The van der Waals surface area contributed by atoms with Gasteiger partial charge < -0.3 is 14.4 Å². The van der Waals surface area contributed by atoms with Crippen LogP contribution in [0.15, 0.2) is 53.4 Å². The lowest BCUT2D eigenvalue weighted by Gasteiger charge is -2.34. The van der Waals surface area contributed by atoms with Crippen molar-refractivity contribution in [3.63, 3.8) is 0 Å². The molecule has 9 heteroatoms. The van der Waals surface area contributed by atoms with Crippen molar-refractivity contribution in [2.75, 3.05) is 31.6 Å². The molecule has 0 spiro atoms. The van der Waals surface area contributed by atoms with Gasteiger partial charge >= 0.3 is 0 Å². The molecule has 0 atom stereocenters. The second-order valence-electron chi connectivity index (χ2n) is 7.11. The summed E-state index contributed by atoms with van der Waals surface area (Å²) in [6.45, 7) is 1.41. The van der Waals surface area contributed by atoms with E-state index in [1.165, 1.54) is 19.2 Å². The molecule has 2 aromatic carbocycles. The fourth-order valence-electron chi connectivity index (χ4n) is 3.45. The van der Waals surface area contributed by atoms with Crippen molar-refractivity contribution < 1.29 is 22.7 Å². The lowest BCUT2D eigenvalue weighted by molar-refractivity contribution is 0.0296. The molecule has 1 fully saturated rings. The van der Waals surface area contributed by atoms with E-state index in [2.05, 4.69) is 10.8 Å². The Kier molecular flexibility index (Phi) is 7.50. The molecule has 0 aromatic heterocycles. The molecule has 0 radical (unpaired) electrons. The second-order valence-corrected chi connectivity index (χ2v) is 8.79. The largest absolute Gasteiger partial charge is 0.497 e. The summed E-state index contributed by atoms with van der Waals surface area (Å²) in [5, 5.41) is 8.98. The van der Waals surface area contributed by atoms with Crippen molar-refractivity contribution in [3.8, 4) is 11.8 Å². The standard InChI is InChI=1S/C22H25N3O5S/c1-29-20-8-6-18(7-9-20)24-31(27,28)21-5-2-4-17(16-21)22(26)25(13-3-12-23)19-10-14-30-15-11-19/h2,4-9,16,19,24H,3,10-11,13-15H2,1H3. The van der Waals surface area contributed by atoms with Gasteiger partial charge in [0, 0.05) is 37.1 Å². The molecule has 0 bridgehead atoms. The van der Waals surface area contributed by atoms with Gasteiger partial charge in [0.25, 0.3) is 15.9 Å². The van der Waals surface area contributed by atoms with Gasteiger partial charge in [-0.1, -0.05) is 6.07 Å². The van der Waals surface area contributed by atoms with Gasteiger partial charge in [-0.25, -0.2) is 8.42 Å². The van der Waals surface area contributed by atoms with Gasteiger partial charge in [-0.15, -0.1) is 0 Å². The summed E-state index contributed by atoms with van der Waals surface area (Å²) in [7, 11) is -2.36. The molecule has 0 saturated carbocycles. The van der Waals surface area contributed by atoms with Crippen molar-refractivity contribution in [3.05, 3.63) is 54.1 Å². The number of nitrogens with one attached hydrogen (secondary N) is 1. The summed E-state index contributed by atoms with van der Waals surface area (Å²) in [4.78, 5) is 14.9. The highest BCUT2D eigenvalue weighted by Crippen LogP contribution is 2.22. The molecule has 3 rings (SSSR count). The average molecular weight is 444 g/mol. The highest BCUT2D eigenvalue weighted by Gasteiger charge is 2.27. The molecule has 1 N–H and O–H groups in total. The van der Waals surface area contributed by atoms with E-state index in [1.54, 1.807) is 41.3 Å². The van der Waals surface area contributed by atoms with Crippen LogP contribution in [0.25, 0.3) is 0 Å². The Bertz CT molecular complexity index is 1040. The molecule has 164 valence electrons. The minimum Gasteiger partial charge on any atom is -0.497 e. The third kappa shape index (κ3) is 5.75. The maximum absolute atomic E-state index is 13.2. The monoisotopic (exact) mass is 443 g/mol. The minimum atomic E-state index is -3.89. The topological polar surface area (TPSA) is 109 Å². The van der Waals surface area contributed by atoms with Crippen LogP contribution in [0.2, 0.25) is 0 Å². The number of anilines is 1. The maximum atomic E-state index is 13.2. The van der Waals surface area contributed by atoms with Crippen molar-refractivity contribution in [1.82, 2.24) is 4.90 Å². The predicted molar refractivity (Wildman–Crippen MR) is 115 cm³/mol. The van der Waals surface area contributed by atoms with Gasteiger partial charge in [-0.3, -0.25) is 9.52 Å². The number of methoxy groups -OCH3 is 1. The van der Waals surface area contributed by atoms with Gasteiger partial charge in [-0.05, 0) is 55.3 Å². The Hall–Kier alpha value is -3.09. The molecular formula is C22H25N3O5S. The Balaban J connectivity index is 1.82. The quantitative estimate of drug-likeness (QED) is 0.672. The molecule has 0 aliphatic carbocycles. The van der Waals surface area contributed by atoms with Crippen LogP contribution >= 0.6 is 0 Å². The summed E-state index contributed by atoms with van der Waals surface area (Å²) in [6, 6.07) is 14.5. The molecule has 8 nitrogen and oxygen atoms in total. The molecule has 1 aliphatic heterocycles. The lowest BCUT2D eigenvalue weighted by atomic mass is 10.0. The van der Waals surface area contributed by atoms with Crippen LogP contribution in [0.1, 0.15) is 29.6 Å². The van der Waals surface area contributed by atoms with Gasteiger partial charge in [0.1, 0.15) is 5.75 Å². The van der Waals surface area contributed by atoms with Gasteiger partial charge in [-0.2, -0.15) is 5.26 Å². The van der Waals surface area contributed by atoms with E-state index >= 15 is 0 Å². The number of benzene rings is 2. The van der Waals surface area contributed by atoms with Crippen LogP contribution in [0.5, 0.6) is 5.75 Å². The minimum absolute atomic E-state index is 0.0126. The Morgan fingerprint density at radius 1 is 1.23 bits per heavy atom. The number of carbonyl (C=O) groups excluding carboxylic acids is 1. The molecule has 0 unspecified atom stereocenters. The van der Waals surface area contributed by atoms with Crippen LogP contribution in [-0.4, -0.2) is 52.1 Å². The number of hydrogen-bond donors (Lipinski definition) is 1. The number of nitrogens with zero attached hydrogens (tertiary/aromatic N) is 2.